The van der Waals surface area contributed by atoms with E-state index in [1.54, 1.807) is 36.4 Å². The van der Waals surface area contributed by atoms with E-state index in [1.165, 1.54) is 0 Å². The van der Waals surface area contributed by atoms with E-state index in [0.717, 1.165) is 16.7 Å². The maximum atomic E-state index is 12.7. The Bertz CT molecular complexity index is 1150. The van der Waals surface area contributed by atoms with Crippen LogP contribution >= 0.6 is 11.6 Å². The number of aryl methyl sites for hydroxylation is 1. The minimum atomic E-state index is -3.65. The summed E-state index contributed by atoms with van der Waals surface area (Å²) in [6.45, 7) is 3.66. The van der Waals surface area contributed by atoms with Crippen LogP contribution in [0, 0.1) is 6.92 Å². The Hall–Kier alpha value is -2.67. The summed E-state index contributed by atoms with van der Waals surface area (Å²) in [4.78, 5) is 12.5. The minimum absolute atomic E-state index is 0.125. The highest BCUT2D eigenvalue weighted by Gasteiger charge is 2.18. The second-order valence-electron chi connectivity index (χ2n) is 7.36. The van der Waals surface area contributed by atoms with Crippen molar-refractivity contribution in [2.24, 2.45) is 0 Å². The molecule has 5 nitrogen and oxygen atoms in total. The number of benzene rings is 3. The first-order chi connectivity index (χ1) is 14.8. The van der Waals surface area contributed by atoms with Crippen molar-refractivity contribution in [3.05, 3.63) is 94.5 Å². The Balaban J connectivity index is 1.58. The molecule has 0 aliphatic rings. The molecule has 0 unspecified atom stereocenters. The second-order valence-corrected chi connectivity index (χ2v) is 9.48. The van der Waals surface area contributed by atoms with Crippen molar-refractivity contribution in [1.82, 2.24) is 4.72 Å². The Morgan fingerprint density at radius 1 is 0.968 bits per heavy atom. The molecule has 0 aliphatic heterocycles. The van der Waals surface area contributed by atoms with Crippen molar-refractivity contribution in [2.75, 3.05) is 5.32 Å². The van der Waals surface area contributed by atoms with Crippen molar-refractivity contribution in [3.63, 3.8) is 0 Å². The van der Waals surface area contributed by atoms with Gasteiger partial charge < -0.3 is 5.32 Å². The van der Waals surface area contributed by atoms with E-state index in [2.05, 4.69) is 10.0 Å². The van der Waals surface area contributed by atoms with Gasteiger partial charge in [-0.15, -0.1) is 0 Å². The van der Waals surface area contributed by atoms with Crippen molar-refractivity contribution in [1.29, 1.82) is 0 Å². The van der Waals surface area contributed by atoms with Gasteiger partial charge in [-0.25, -0.2) is 13.1 Å². The smallest absolute Gasteiger partial charge is 0.241 e. The number of anilines is 1. The Labute approximate surface area is 188 Å². The van der Waals surface area contributed by atoms with Gasteiger partial charge in [0.25, 0.3) is 0 Å². The molecule has 0 saturated heterocycles. The summed E-state index contributed by atoms with van der Waals surface area (Å²) in [6, 6.07) is 21.0. The van der Waals surface area contributed by atoms with E-state index >= 15 is 0 Å². The number of halogens is 1. The molecule has 3 aromatic rings. The summed E-state index contributed by atoms with van der Waals surface area (Å²) in [5.74, 6) is -0.125. The predicted octanol–water partition coefficient (Wildman–Crippen LogP) is 5.26. The van der Waals surface area contributed by atoms with Crippen LogP contribution in [0.2, 0.25) is 5.02 Å². The van der Waals surface area contributed by atoms with Gasteiger partial charge in [-0.05, 0) is 61.2 Å². The molecule has 0 aromatic heterocycles. The van der Waals surface area contributed by atoms with Crippen LogP contribution in [0.25, 0.3) is 0 Å². The lowest BCUT2D eigenvalue weighted by molar-refractivity contribution is -0.116. The minimum Gasteiger partial charge on any atom is -0.326 e. The van der Waals surface area contributed by atoms with Crippen LogP contribution in [0.15, 0.2) is 77.7 Å². The van der Waals surface area contributed by atoms with E-state index in [0.29, 0.717) is 17.1 Å². The molecule has 0 aliphatic carbocycles. The fourth-order valence-electron chi connectivity index (χ4n) is 3.16. The average Bonchev–Trinajstić information content (AvgIpc) is 2.76. The molecule has 0 fully saturated rings. The lowest BCUT2D eigenvalue weighted by Crippen LogP contribution is -2.26. The van der Waals surface area contributed by atoms with Gasteiger partial charge in [0.05, 0.1) is 4.90 Å². The van der Waals surface area contributed by atoms with E-state index in [9.17, 15) is 13.2 Å². The fourth-order valence-corrected chi connectivity index (χ4v) is 4.57. The molecule has 0 bridgehead atoms. The molecule has 31 heavy (non-hydrogen) atoms. The van der Waals surface area contributed by atoms with Crippen molar-refractivity contribution < 1.29 is 13.2 Å². The summed E-state index contributed by atoms with van der Waals surface area (Å²) >= 11 is 6.08. The summed E-state index contributed by atoms with van der Waals surface area (Å²) in [7, 11) is -3.65. The predicted molar refractivity (Wildman–Crippen MR) is 125 cm³/mol. The van der Waals surface area contributed by atoms with Crippen molar-refractivity contribution in [2.45, 2.75) is 37.6 Å². The van der Waals surface area contributed by atoms with E-state index < -0.39 is 10.0 Å². The molecule has 0 radical (unpaired) electrons. The number of sulfonamides is 1. The molecule has 0 saturated carbocycles. The van der Waals surface area contributed by atoms with Gasteiger partial charge in [-0.3, -0.25) is 4.79 Å². The van der Waals surface area contributed by atoms with Gasteiger partial charge in [-0.2, -0.15) is 0 Å². The van der Waals surface area contributed by atoms with Crippen LogP contribution < -0.4 is 10.0 Å². The highest BCUT2D eigenvalue weighted by molar-refractivity contribution is 7.89. The molecule has 0 spiro atoms. The van der Waals surface area contributed by atoms with E-state index in [-0.39, 0.29) is 23.3 Å². The summed E-state index contributed by atoms with van der Waals surface area (Å²) < 4.78 is 28.0. The van der Waals surface area contributed by atoms with E-state index in [1.807, 2.05) is 50.2 Å². The molecular formula is C24H25ClN2O3S. The lowest BCUT2D eigenvalue weighted by Gasteiger charge is -2.15. The van der Waals surface area contributed by atoms with Crippen LogP contribution in [0.5, 0.6) is 0 Å². The standard InChI is InChI=1S/C24H25ClN2O3S/c1-17-22(25)9-6-10-23(17)26-24(28)16-13-19-11-14-21(15-12-19)31(29,30)27-18(2)20-7-4-3-5-8-20/h3-12,14-15,18,27H,13,16H2,1-2H3,(H,26,28)/t18-/m1/s1. The third-order valence-corrected chi connectivity index (χ3v) is 7.01. The highest BCUT2D eigenvalue weighted by atomic mass is 35.5. The third-order valence-electron chi connectivity index (χ3n) is 5.05. The molecule has 162 valence electrons. The van der Waals surface area contributed by atoms with Gasteiger partial charge in [0, 0.05) is 23.2 Å². The van der Waals surface area contributed by atoms with Gasteiger partial charge >= 0.3 is 0 Å². The van der Waals surface area contributed by atoms with Crippen LogP contribution in [0.4, 0.5) is 5.69 Å². The summed E-state index contributed by atoms with van der Waals surface area (Å²) in [6.07, 6.45) is 0.779. The third kappa shape index (κ3) is 6.17. The van der Waals surface area contributed by atoms with Crippen molar-refractivity contribution in [3.8, 4) is 0 Å². The fraction of sp³-hybridized carbons (Fsp3) is 0.208. The largest absolute Gasteiger partial charge is 0.326 e. The number of hydrogen-bond acceptors (Lipinski definition) is 3. The number of carbonyl (C=O) groups excluding carboxylic acids is 1. The van der Waals surface area contributed by atoms with Gasteiger partial charge in [-0.1, -0.05) is 60.1 Å². The maximum absolute atomic E-state index is 12.7. The number of nitrogens with one attached hydrogen (secondary N) is 2. The zero-order valence-electron chi connectivity index (χ0n) is 17.4. The van der Waals surface area contributed by atoms with Gasteiger partial charge in [0.2, 0.25) is 15.9 Å². The Morgan fingerprint density at radius 2 is 1.65 bits per heavy atom. The molecule has 2 N–H and O–H groups in total. The maximum Gasteiger partial charge on any atom is 0.241 e. The van der Waals surface area contributed by atoms with Gasteiger partial charge in [0.1, 0.15) is 0 Å². The molecule has 7 heteroatoms. The number of rotatable bonds is 8. The average molecular weight is 457 g/mol. The number of hydrogen-bond donors (Lipinski definition) is 2. The first-order valence-corrected chi connectivity index (χ1v) is 11.8. The Morgan fingerprint density at radius 3 is 2.32 bits per heavy atom. The topological polar surface area (TPSA) is 75.3 Å². The summed E-state index contributed by atoms with van der Waals surface area (Å²) in [5.41, 5.74) is 3.29. The van der Waals surface area contributed by atoms with E-state index in [4.69, 9.17) is 11.6 Å². The zero-order chi connectivity index (χ0) is 22.4. The van der Waals surface area contributed by atoms with Gasteiger partial charge in [0.15, 0.2) is 0 Å². The quantitative estimate of drug-likeness (QED) is 0.485. The highest BCUT2D eigenvalue weighted by Crippen LogP contribution is 2.23. The SMILES string of the molecule is Cc1c(Cl)cccc1NC(=O)CCc1ccc(S(=O)(=O)N[C@H](C)c2ccccc2)cc1. The summed E-state index contributed by atoms with van der Waals surface area (Å²) in [5, 5.41) is 3.47. The molecular weight excluding hydrogens is 432 g/mol. The first-order valence-electron chi connectivity index (χ1n) is 9.97. The number of carbonyl (C=O) groups is 1. The Kier molecular flexibility index (Phi) is 7.49. The second kappa shape index (κ2) is 10.1. The van der Waals surface area contributed by atoms with Crippen LogP contribution in [0.3, 0.4) is 0 Å². The normalized spacial score (nSPS) is 12.4. The molecule has 1 amide bonds. The van der Waals surface area contributed by atoms with Crippen LogP contribution in [0.1, 0.15) is 36.1 Å². The van der Waals surface area contributed by atoms with Crippen LogP contribution in [-0.2, 0) is 21.2 Å². The first kappa shape index (κ1) is 23.0. The molecule has 1 atom stereocenters. The van der Waals surface area contributed by atoms with Crippen molar-refractivity contribution >= 4 is 33.2 Å². The molecule has 0 heterocycles. The lowest BCUT2D eigenvalue weighted by atomic mass is 10.1. The van der Waals surface area contributed by atoms with Crippen LogP contribution in [-0.4, -0.2) is 14.3 Å². The monoisotopic (exact) mass is 456 g/mol. The number of amides is 1. The zero-order valence-corrected chi connectivity index (χ0v) is 19.0. The molecule has 3 rings (SSSR count). The molecule has 3 aromatic carbocycles.